The van der Waals surface area contributed by atoms with Gasteiger partial charge in [-0.05, 0) is 39.3 Å². The van der Waals surface area contributed by atoms with E-state index in [1.54, 1.807) is 11.3 Å². The molecular formula is C11H15N3S2. The normalized spacial score (nSPS) is 12.8. The van der Waals surface area contributed by atoms with Gasteiger partial charge in [-0.2, -0.15) is 0 Å². The second-order valence-corrected chi connectivity index (χ2v) is 6.50. The number of nitrogens with zero attached hydrogens (tertiary/aromatic N) is 2. The van der Waals surface area contributed by atoms with Crippen LogP contribution >= 0.6 is 22.7 Å². The van der Waals surface area contributed by atoms with Crippen molar-refractivity contribution in [1.82, 2.24) is 10.2 Å². The summed E-state index contributed by atoms with van der Waals surface area (Å²) in [5.41, 5.74) is 1.36. The molecule has 0 aliphatic rings. The third-order valence-electron chi connectivity index (χ3n) is 2.41. The highest BCUT2D eigenvalue weighted by molar-refractivity contribution is 7.15. The van der Waals surface area contributed by atoms with E-state index >= 15 is 0 Å². The minimum atomic E-state index is 0.289. The van der Waals surface area contributed by atoms with Crippen LogP contribution in [0.15, 0.2) is 6.07 Å². The molecule has 0 amide bonds. The number of hydrogen-bond acceptors (Lipinski definition) is 5. The van der Waals surface area contributed by atoms with Gasteiger partial charge in [0.25, 0.3) is 0 Å². The van der Waals surface area contributed by atoms with Gasteiger partial charge in [-0.15, -0.1) is 21.5 Å². The molecule has 16 heavy (non-hydrogen) atoms. The van der Waals surface area contributed by atoms with Crippen LogP contribution in [-0.2, 0) is 0 Å². The van der Waals surface area contributed by atoms with Gasteiger partial charge in [0.1, 0.15) is 5.01 Å². The molecule has 0 saturated heterocycles. The van der Waals surface area contributed by atoms with E-state index in [9.17, 15) is 0 Å². The van der Waals surface area contributed by atoms with Gasteiger partial charge in [-0.1, -0.05) is 11.3 Å². The Bertz CT molecular complexity index is 487. The fraction of sp³-hybridized carbons (Fsp3) is 0.455. The molecule has 1 N–H and O–H groups in total. The molecule has 0 fully saturated rings. The van der Waals surface area contributed by atoms with Crippen LogP contribution in [0.1, 0.15) is 33.3 Å². The van der Waals surface area contributed by atoms with E-state index in [0.29, 0.717) is 0 Å². The minimum absolute atomic E-state index is 0.289. The molecule has 0 aliphatic heterocycles. The summed E-state index contributed by atoms with van der Waals surface area (Å²) in [5.74, 6) is 0. The molecule has 86 valence electrons. The lowest BCUT2D eigenvalue weighted by Gasteiger charge is -2.11. The summed E-state index contributed by atoms with van der Waals surface area (Å²) >= 11 is 3.43. The van der Waals surface area contributed by atoms with Gasteiger partial charge < -0.3 is 5.32 Å². The summed E-state index contributed by atoms with van der Waals surface area (Å²) in [6.45, 7) is 8.43. The Labute approximate surface area is 104 Å². The average Bonchev–Trinajstić information content (AvgIpc) is 2.73. The van der Waals surface area contributed by atoms with Crippen molar-refractivity contribution < 1.29 is 0 Å². The molecule has 0 saturated carbocycles. The number of anilines is 1. The zero-order valence-electron chi connectivity index (χ0n) is 9.87. The number of aryl methyl sites for hydroxylation is 3. The Morgan fingerprint density at radius 3 is 2.44 bits per heavy atom. The zero-order valence-corrected chi connectivity index (χ0v) is 11.5. The topological polar surface area (TPSA) is 37.8 Å². The largest absolute Gasteiger partial charge is 0.354 e. The van der Waals surface area contributed by atoms with Crippen LogP contribution < -0.4 is 5.32 Å². The SMILES string of the molecule is Cc1cc(C(C)Nc2nnc(C)s2)c(C)s1. The second kappa shape index (κ2) is 4.51. The van der Waals surface area contributed by atoms with Crippen LogP contribution in [0.25, 0.3) is 0 Å². The van der Waals surface area contributed by atoms with Crippen LogP contribution in [-0.4, -0.2) is 10.2 Å². The van der Waals surface area contributed by atoms with Crippen LogP contribution in [0.2, 0.25) is 0 Å². The van der Waals surface area contributed by atoms with Crippen molar-refractivity contribution in [2.24, 2.45) is 0 Å². The molecular weight excluding hydrogens is 238 g/mol. The van der Waals surface area contributed by atoms with Gasteiger partial charge in [-0.3, -0.25) is 0 Å². The summed E-state index contributed by atoms with van der Waals surface area (Å²) in [4.78, 5) is 2.73. The molecule has 0 aromatic carbocycles. The predicted octanol–water partition coefficient (Wildman–Crippen LogP) is 3.70. The first-order valence-corrected chi connectivity index (χ1v) is 6.83. The number of aromatic nitrogens is 2. The molecule has 0 spiro atoms. The lowest BCUT2D eigenvalue weighted by atomic mass is 10.1. The first kappa shape index (κ1) is 11.5. The van der Waals surface area contributed by atoms with E-state index in [1.165, 1.54) is 15.3 Å². The minimum Gasteiger partial charge on any atom is -0.354 e. The Kier molecular flexibility index (Phi) is 3.25. The summed E-state index contributed by atoms with van der Waals surface area (Å²) in [7, 11) is 0. The zero-order chi connectivity index (χ0) is 11.7. The first-order chi connectivity index (χ1) is 7.56. The van der Waals surface area contributed by atoms with Crippen molar-refractivity contribution >= 4 is 27.8 Å². The van der Waals surface area contributed by atoms with Gasteiger partial charge in [0.15, 0.2) is 0 Å². The molecule has 0 aliphatic carbocycles. The highest BCUT2D eigenvalue weighted by atomic mass is 32.1. The smallest absolute Gasteiger partial charge is 0.206 e. The summed E-state index contributed by atoms with van der Waals surface area (Å²) in [5, 5.41) is 13.4. The van der Waals surface area contributed by atoms with E-state index in [1.807, 2.05) is 18.3 Å². The molecule has 2 aromatic heterocycles. The van der Waals surface area contributed by atoms with Crippen LogP contribution in [0.3, 0.4) is 0 Å². The Morgan fingerprint density at radius 2 is 1.94 bits per heavy atom. The van der Waals surface area contributed by atoms with E-state index in [-0.39, 0.29) is 6.04 Å². The summed E-state index contributed by atoms with van der Waals surface area (Å²) in [6.07, 6.45) is 0. The molecule has 2 heterocycles. The lowest BCUT2D eigenvalue weighted by molar-refractivity contribution is 0.869. The van der Waals surface area contributed by atoms with E-state index in [4.69, 9.17) is 0 Å². The Balaban J connectivity index is 2.14. The van der Waals surface area contributed by atoms with Crippen molar-refractivity contribution in [2.45, 2.75) is 33.7 Å². The predicted molar refractivity (Wildman–Crippen MR) is 70.5 cm³/mol. The quantitative estimate of drug-likeness (QED) is 0.906. The molecule has 0 bridgehead atoms. The number of nitrogens with one attached hydrogen (secondary N) is 1. The average molecular weight is 253 g/mol. The number of rotatable bonds is 3. The van der Waals surface area contributed by atoms with Crippen LogP contribution in [0.5, 0.6) is 0 Å². The summed E-state index contributed by atoms with van der Waals surface area (Å²) < 4.78 is 0. The van der Waals surface area contributed by atoms with Crippen molar-refractivity contribution in [3.8, 4) is 0 Å². The van der Waals surface area contributed by atoms with E-state index in [2.05, 4.69) is 42.4 Å². The molecule has 1 unspecified atom stereocenters. The molecule has 3 nitrogen and oxygen atoms in total. The van der Waals surface area contributed by atoms with E-state index in [0.717, 1.165) is 10.1 Å². The fourth-order valence-corrected chi connectivity index (χ4v) is 3.40. The maximum absolute atomic E-state index is 4.08. The van der Waals surface area contributed by atoms with Gasteiger partial charge in [-0.25, -0.2) is 0 Å². The van der Waals surface area contributed by atoms with Crippen LogP contribution in [0.4, 0.5) is 5.13 Å². The van der Waals surface area contributed by atoms with Crippen molar-refractivity contribution in [1.29, 1.82) is 0 Å². The van der Waals surface area contributed by atoms with Gasteiger partial charge in [0.05, 0.1) is 6.04 Å². The molecule has 5 heteroatoms. The molecule has 2 aromatic rings. The standard InChI is InChI=1S/C11H15N3S2/c1-6-5-10(8(3)15-6)7(2)12-11-14-13-9(4)16-11/h5,7H,1-4H3,(H,12,14). The third-order valence-corrected chi connectivity index (χ3v) is 4.16. The Morgan fingerprint density at radius 1 is 1.19 bits per heavy atom. The molecule has 0 radical (unpaired) electrons. The monoisotopic (exact) mass is 253 g/mol. The molecule has 2 rings (SSSR count). The maximum atomic E-state index is 4.08. The van der Waals surface area contributed by atoms with Crippen molar-refractivity contribution in [2.75, 3.05) is 5.32 Å². The Hall–Kier alpha value is -0.940. The lowest BCUT2D eigenvalue weighted by Crippen LogP contribution is -2.06. The molecule has 1 atom stereocenters. The number of hydrogen-bond donors (Lipinski definition) is 1. The third kappa shape index (κ3) is 2.41. The highest BCUT2D eigenvalue weighted by Gasteiger charge is 2.12. The van der Waals surface area contributed by atoms with Crippen molar-refractivity contribution in [3.63, 3.8) is 0 Å². The first-order valence-electron chi connectivity index (χ1n) is 5.20. The highest BCUT2D eigenvalue weighted by Crippen LogP contribution is 2.29. The van der Waals surface area contributed by atoms with Gasteiger partial charge in [0, 0.05) is 9.75 Å². The number of thiophene rings is 1. The van der Waals surface area contributed by atoms with Crippen LogP contribution in [0, 0.1) is 20.8 Å². The van der Waals surface area contributed by atoms with Crippen molar-refractivity contribution in [3.05, 3.63) is 26.4 Å². The fourth-order valence-electron chi connectivity index (χ4n) is 1.70. The summed E-state index contributed by atoms with van der Waals surface area (Å²) in [6, 6.07) is 2.53. The van der Waals surface area contributed by atoms with E-state index < -0.39 is 0 Å². The van der Waals surface area contributed by atoms with Gasteiger partial charge in [0.2, 0.25) is 5.13 Å². The maximum Gasteiger partial charge on any atom is 0.206 e. The second-order valence-electron chi connectivity index (χ2n) is 3.86. The van der Waals surface area contributed by atoms with Gasteiger partial charge >= 0.3 is 0 Å².